The lowest BCUT2D eigenvalue weighted by Gasteiger charge is -2.36. The molecule has 1 N–H and O–H groups in total. The van der Waals surface area contributed by atoms with Crippen molar-refractivity contribution < 1.29 is 14.6 Å². The summed E-state index contributed by atoms with van der Waals surface area (Å²) in [4.78, 5) is 21.1. The molecular formula is C31H47N3O3. The summed E-state index contributed by atoms with van der Waals surface area (Å²) in [5, 5.41) is 9.44. The van der Waals surface area contributed by atoms with Crippen molar-refractivity contribution in [3.8, 4) is 0 Å². The smallest absolute Gasteiger partial charge is 0.313 e. The van der Waals surface area contributed by atoms with E-state index in [4.69, 9.17) is 9.73 Å². The van der Waals surface area contributed by atoms with E-state index in [9.17, 15) is 9.90 Å². The maximum atomic E-state index is 11.5. The minimum absolute atomic E-state index is 0.440. The number of amidine groups is 1. The molecule has 204 valence electrons. The van der Waals surface area contributed by atoms with E-state index in [1.165, 1.54) is 11.3 Å². The summed E-state index contributed by atoms with van der Waals surface area (Å²) in [5.74, 6) is 0.801. The van der Waals surface area contributed by atoms with Gasteiger partial charge < -0.3 is 19.6 Å². The molecule has 2 aromatic rings. The zero-order valence-electron chi connectivity index (χ0n) is 23.7. The molecule has 0 spiro atoms. The Kier molecular flexibility index (Phi) is 12.8. The maximum absolute atomic E-state index is 11.5. The first-order valence-electron chi connectivity index (χ1n) is 13.8. The molecule has 6 nitrogen and oxygen atoms in total. The third kappa shape index (κ3) is 8.68. The van der Waals surface area contributed by atoms with Crippen molar-refractivity contribution in [2.45, 2.75) is 59.3 Å². The van der Waals surface area contributed by atoms with E-state index in [2.05, 4.69) is 46.2 Å². The average Bonchev–Trinajstić information content (AvgIpc) is 2.94. The van der Waals surface area contributed by atoms with Gasteiger partial charge in [0.2, 0.25) is 0 Å². The van der Waals surface area contributed by atoms with Crippen LogP contribution in [-0.4, -0.2) is 68.3 Å². The van der Waals surface area contributed by atoms with Crippen LogP contribution < -0.4 is 4.90 Å². The third-order valence-corrected chi connectivity index (χ3v) is 7.12. The molecule has 1 heterocycles. The van der Waals surface area contributed by atoms with Gasteiger partial charge in [-0.15, -0.1) is 0 Å². The molecule has 1 saturated heterocycles. The van der Waals surface area contributed by atoms with Gasteiger partial charge in [0.25, 0.3) is 0 Å². The van der Waals surface area contributed by atoms with Gasteiger partial charge in [-0.2, -0.15) is 0 Å². The molecule has 0 unspecified atom stereocenters. The molecule has 0 amide bonds. The van der Waals surface area contributed by atoms with Crippen molar-refractivity contribution in [1.82, 2.24) is 4.90 Å². The zero-order chi connectivity index (χ0) is 27.3. The lowest BCUT2D eigenvalue weighted by atomic mass is 9.84. The van der Waals surface area contributed by atoms with Crippen LogP contribution in [0.2, 0.25) is 0 Å². The zero-order valence-corrected chi connectivity index (χ0v) is 23.7. The first-order valence-corrected chi connectivity index (χ1v) is 13.8. The van der Waals surface area contributed by atoms with Crippen molar-refractivity contribution in [1.29, 1.82) is 0 Å². The highest BCUT2D eigenvalue weighted by Crippen LogP contribution is 2.26. The van der Waals surface area contributed by atoms with Gasteiger partial charge in [0.15, 0.2) is 0 Å². The van der Waals surface area contributed by atoms with Crippen LogP contribution in [-0.2, 0) is 21.4 Å². The normalized spacial score (nSPS) is 15.1. The highest BCUT2D eigenvalue weighted by molar-refractivity contribution is 5.99. The monoisotopic (exact) mass is 509 g/mol. The van der Waals surface area contributed by atoms with Crippen LogP contribution >= 0.6 is 0 Å². The average molecular weight is 510 g/mol. The number of carboxylic acids is 1. The lowest BCUT2D eigenvalue weighted by molar-refractivity contribution is -0.142. The van der Waals surface area contributed by atoms with Gasteiger partial charge in [0.05, 0.1) is 12.0 Å². The van der Waals surface area contributed by atoms with Crippen LogP contribution in [0.25, 0.3) is 0 Å². The minimum atomic E-state index is -0.866. The van der Waals surface area contributed by atoms with E-state index in [0.29, 0.717) is 12.5 Å². The molecule has 0 bridgehead atoms. The Hall–Kier alpha value is -2.70. The van der Waals surface area contributed by atoms with Gasteiger partial charge in [-0.3, -0.25) is 9.79 Å². The van der Waals surface area contributed by atoms with E-state index < -0.39 is 11.4 Å². The van der Waals surface area contributed by atoms with Gasteiger partial charge >= 0.3 is 5.97 Å². The van der Waals surface area contributed by atoms with E-state index in [1.807, 2.05) is 46.0 Å². The Balaban J connectivity index is 0.00000235. The number of benzene rings is 2. The second-order valence-electron chi connectivity index (χ2n) is 9.76. The lowest BCUT2D eigenvalue weighted by Crippen LogP contribution is -2.44. The summed E-state index contributed by atoms with van der Waals surface area (Å²) < 4.78 is 5.66. The molecule has 0 aromatic heterocycles. The Bertz CT molecular complexity index is 949. The number of carbonyl (C=O) groups is 1. The fraction of sp³-hybridized carbons (Fsp3) is 0.548. The van der Waals surface area contributed by atoms with Gasteiger partial charge in [-0.1, -0.05) is 56.3 Å². The molecule has 1 aliphatic rings. The molecule has 1 aliphatic heterocycles. The Labute approximate surface area is 224 Å². The van der Waals surface area contributed by atoms with Gasteiger partial charge in [0, 0.05) is 38.3 Å². The van der Waals surface area contributed by atoms with Crippen molar-refractivity contribution in [3.63, 3.8) is 0 Å². The summed E-state index contributed by atoms with van der Waals surface area (Å²) in [6, 6.07) is 18.6. The molecule has 1 fully saturated rings. The van der Waals surface area contributed by atoms with Crippen LogP contribution in [0.5, 0.6) is 0 Å². The number of para-hydroxylation sites is 1. The van der Waals surface area contributed by atoms with Gasteiger partial charge in [0.1, 0.15) is 5.84 Å². The number of rotatable bonds is 11. The molecule has 0 radical (unpaired) electrons. The Morgan fingerprint density at radius 3 is 2.24 bits per heavy atom. The molecule has 37 heavy (non-hydrogen) atoms. The second-order valence-corrected chi connectivity index (χ2v) is 9.76. The first-order chi connectivity index (χ1) is 17.9. The fourth-order valence-electron chi connectivity index (χ4n) is 4.72. The fourth-order valence-corrected chi connectivity index (χ4v) is 4.72. The van der Waals surface area contributed by atoms with Crippen LogP contribution in [0.3, 0.4) is 0 Å². The summed E-state index contributed by atoms with van der Waals surface area (Å²) >= 11 is 0. The Morgan fingerprint density at radius 2 is 1.70 bits per heavy atom. The van der Waals surface area contributed by atoms with Crippen LogP contribution in [0, 0.1) is 5.92 Å². The van der Waals surface area contributed by atoms with Crippen molar-refractivity contribution >= 4 is 17.5 Å². The number of aliphatic imine (C=N–C) groups is 1. The number of likely N-dealkylation sites (tertiary alicyclic amines) is 1. The number of carboxylic acid groups (broad SMARTS) is 1. The quantitative estimate of drug-likeness (QED) is 0.232. The summed E-state index contributed by atoms with van der Waals surface area (Å²) in [7, 11) is 1.91. The summed E-state index contributed by atoms with van der Waals surface area (Å²) in [5.41, 5.74) is 2.40. The molecular weight excluding hydrogens is 462 g/mol. The number of aliphatic carboxylic acids is 1. The van der Waals surface area contributed by atoms with E-state index in [-0.39, 0.29) is 0 Å². The second kappa shape index (κ2) is 15.5. The summed E-state index contributed by atoms with van der Waals surface area (Å²) in [6.45, 7) is 14.9. The van der Waals surface area contributed by atoms with Crippen molar-refractivity contribution in [3.05, 3.63) is 65.7 Å². The Morgan fingerprint density at radius 1 is 1.08 bits per heavy atom. The predicted octanol–water partition coefficient (Wildman–Crippen LogP) is 5.90. The van der Waals surface area contributed by atoms with Crippen LogP contribution in [0.1, 0.15) is 58.6 Å². The molecule has 0 atom stereocenters. The third-order valence-electron chi connectivity index (χ3n) is 7.12. The molecule has 3 rings (SSSR count). The largest absolute Gasteiger partial charge is 0.481 e. The van der Waals surface area contributed by atoms with Crippen molar-refractivity contribution in [2.75, 3.05) is 51.3 Å². The minimum Gasteiger partial charge on any atom is -0.481 e. The van der Waals surface area contributed by atoms with Crippen LogP contribution in [0.15, 0.2) is 59.6 Å². The number of hydrogen-bond donors (Lipinski definition) is 1. The predicted molar refractivity (Wildman–Crippen MR) is 155 cm³/mol. The van der Waals surface area contributed by atoms with E-state index in [1.54, 1.807) is 13.8 Å². The van der Waals surface area contributed by atoms with Gasteiger partial charge in [-0.05, 0) is 76.4 Å². The first kappa shape index (κ1) is 30.5. The highest BCUT2D eigenvalue weighted by atomic mass is 16.5. The number of ether oxygens (including phenoxy) is 1. The highest BCUT2D eigenvalue weighted by Gasteiger charge is 2.29. The number of nitrogens with zero attached hydrogens (tertiary/aromatic N) is 3. The molecule has 0 aliphatic carbocycles. The van der Waals surface area contributed by atoms with Gasteiger partial charge in [-0.25, -0.2) is 0 Å². The molecule has 0 saturated carbocycles. The number of anilines is 1. The maximum Gasteiger partial charge on any atom is 0.313 e. The van der Waals surface area contributed by atoms with Crippen LogP contribution in [0.4, 0.5) is 5.69 Å². The standard InChI is InChI=1S/C29H41N3O3.C2H6/c1-5-35-22-21-32(26-9-7-6-8-10-26)27(30-4)24-16-19-31(20-17-24)18-15-23-11-13-25(14-12-23)29(2,3)28(33)34;1-2/h6-14,24H,5,15-22H2,1-4H3,(H,33,34);1-2H3. The van der Waals surface area contributed by atoms with Crippen molar-refractivity contribution in [2.24, 2.45) is 10.9 Å². The van der Waals surface area contributed by atoms with E-state index in [0.717, 1.165) is 63.4 Å². The topological polar surface area (TPSA) is 65.4 Å². The SMILES string of the molecule is CC.CCOCCN(C(=NC)C1CCN(CCc2ccc(C(C)(C)C(=O)O)cc2)CC1)c1ccccc1. The molecule has 6 heteroatoms. The number of hydrogen-bond acceptors (Lipinski definition) is 4. The number of piperidine rings is 1. The van der Waals surface area contributed by atoms with E-state index >= 15 is 0 Å². The molecule has 2 aromatic carbocycles. The summed E-state index contributed by atoms with van der Waals surface area (Å²) in [6.07, 6.45) is 3.16.